The second-order valence-electron chi connectivity index (χ2n) is 3.74. The van der Waals surface area contributed by atoms with Crippen molar-refractivity contribution in [1.82, 2.24) is 10.1 Å². The molecular weight excluding hydrogens is 252 g/mol. The number of hydrogen-bond acceptors (Lipinski definition) is 6. The van der Waals surface area contributed by atoms with E-state index in [4.69, 9.17) is 4.52 Å². The molecule has 2 N–H and O–H groups in total. The minimum atomic E-state index is -0.0774. The highest BCUT2D eigenvalue weighted by atomic mass is 32.2. The van der Waals surface area contributed by atoms with E-state index in [2.05, 4.69) is 17.1 Å². The fraction of sp³-hybridized carbons (Fsp3) is 0.333. The molecule has 0 bridgehead atoms. The Morgan fingerprint density at radius 3 is 2.67 bits per heavy atom. The fourth-order valence-corrected chi connectivity index (χ4v) is 2.20. The van der Waals surface area contributed by atoms with E-state index in [-0.39, 0.29) is 23.0 Å². The minimum absolute atomic E-state index is 0.0774. The van der Waals surface area contributed by atoms with Crippen molar-refractivity contribution in [2.75, 3.05) is 5.75 Å². The first kappa shape index (κ1) is 12.8. The summed E-state index contributed by atoms with van der Waals surface area (Å²) < 4.78 is 5.05. The molecule has 2 aromatic rings. The Hall–Kier alpha value is -1.69. The quantitative estimate of drug-likeness (QED) is 0.810. The summed E-state index contributed by atoms with van der Waals surface area (Å²) in [5.41, 5.74) is 0.178. The smallest absolute Gasteiger partial charge is 0.265 e. The Morgan fingerprint density at radius 1 is 1.28 bits per heavy atom. The molecule has 0 unspecified atom stereocenters. The summed E-state index contributed by atoms with van der Waals surface area (Å²) in [6.07, 6.45) is 1.09. The zero-order chi connectivity index (χ0) is 13.0. The van der Waals surface area contributed by atoms with Crippen molar-refractivity contribution in [3.05, 3.63) is 24.0 Å². The molecule has 0 atom stereocenters. The van der Waals surface area contributed by atoms with Crippen LogP contribution in [0.1, 0.15) is 19.2 Å². The van der Waals surface area contributed by atoms with Crippen LogP contribution in [0.15, 0.2) is 22.7 Å². The Kier molecular flexibility index (Phi) is 4.09. The van der Waals surface area contributed by atoms with Gasteiger partial charge in [-0.05, 0) is 24.3 Å². The third-order valence-electron chi connectivity index (χ3n) is 2.28. The van der Waals surface area contributed by atoms with Crippen molar-refractivity contribution < 1.29 is 14.7 Å². The van der Waals surface area contributed by atoms with Crippen LogP contribution in [-0.2, 0) is 5.75 Å². The van der Waals surface area contributed by atoms with E-state index in [9.17, 15) is 10.2 Å². The zero-order valence-electron chi connectivity index (χ0n) is 9.96. The molecule has 0 aliphatic heterocycles. The van der Waals surface area contributed by atoms with Crippen molar-refractivity contribution in [3.63, 3.8) is 0 Å². The molecule has 1 aromatic carbocycles. The van der Waals surface area contributed by atoms with Gasteiger partial charge in [0.15, 0.2) is 5.82 Å². The maximum absolute atomic E-state index is 9.68. The topological polar surface area (TPSA) is 79.4 Å². The van der Waals surface area contributed by atoms with Gasteiger partial charge in [0.2, 0.25) is 0 Å². The summed E-state index contributed by atoms with van der Waals surface area (Å²) in [4.78, 5) is 4.16. The van der Waals surface area contributed by atoms with Gasteiger partial charge < -0.3 is 14.7 Å². The largest absolute Gasteiger partial charge is 0.507 e. The first-order valence-electron chi connectivity index (χ1n) is 5.64. The number of aromatic hydroxyl groups is 2. The van der Waals surface area contributed by atoms with Gasteiger partial charge in [0.1, 0.15) is 17.1 Å². The molecule has 0 saturated carbocycles. The molecular formula is C12H14N2O3S. The van der Waals surface area contributed by atoms with Crippen molar-refractivity contribution >= 4 is 11.8 Å². The van der Waals surface area contributed by atoms with Gasteiger partial charge in [0.25, 0.3) is 5.89 Å². The van der Waals surface area contributed by atoms with Crippen LogP contribution in [0.5, 0.6) is 11.5 Å². The van der Waals surface area contributed by atoms with Crippen molar-refractivity contribution in [3.8, 4) is 23.0 Å². The molecule has 0 radical (unpaired) electrons. The predicted octanol–water partition coefficient (Wildman–Crippen LogP) is 2.79. The van der Waals surface area contributed by atoms with E-state index in [1.165, 1.54) is 12.1 Å². The molecule has 0 spiro atoms. The molecule has 2 rings (SSSR count). The molecule has 1 heterocycles. The molecule has 0 aliphatic carbocycles. The number of aromatic nitrogens is 2. The van der Waals surface area contributed by atoms with Crippen LogP contribution in [0.25, 0.3) is 11.5 Å². The second-order valence-corrected chi connectivity index (χ2v) is 4.84. The summed E-state index contributed by atoms with van der Waals surface area (Å²) >= 11 is 1.71. The molecule has 1 aromatic heterocycles. The van der Waals surface area contributed by atoms with Crippen LogP contribution in [0, 0.1) is 0 Å². The molecule has 0 amide bonds. The fourth-order valence-electron chi connectivity index (χ4n) is 1.47. The molecule has 5 nitrogen and oxygen atoms in total. The Balaban J connectivity index is 2.19. The zero-order valence-corrected chi connectivity index (χ0v) is 10.8. The molecule has 0 aliphatic rings. The van der Waals surface area contributed by atoms with Gasteiger partial charge in [-0.3, -0.25) is 0 Å². The van der Waals surface area contributed by atoms with E-state index in [1.807, 2.05) is 0 Å². The van der Waals surface area contributed by atoms with E-state index in [0.717, 1.165) is 12.2 Å². The van der Waals surface area contributed by atoms with Crippen molar-refractivity contribution in [2.45, 2.75) is 19.1 Å². The monoisotopic (exact) mass is 266 g/mol. The first-order valence-corrected chi connectivity index (χ1v) is 6.79. The van der Waals surface area contributed by atoms with Crippen molar-refractivity contribution in [1.29, 1.82) is 0 Å². The highest BCUT2D eigenvalue weighted by Crippen LogP contribution is 2.35. The number of nitrogens with zero attached hydrogens (tertiary/aromatic N) is 2. The lowest BCUT2D eigenvalue weighted by Gasteiger charge is -2.00. The van der Waals surface area contributed by atoms with Crippen LogP contribution in [0.3, 0.4) is 0 Å². The minimum Gasteiger partial charge on any atom is -0.507 e. The van der Waals surface area contributed by atoms with Gasteiger partial charge in [-0.2, -0.15) is 16.7 Å². The van der Waals surface area contributed by atoms with Gasteiger partial charge in [-0.1, -0.05) is 18.1 Å². The number of hydrogen-bond donors (Lipinski definition) is 2. The average Bonchev–Trinajstić information content (AvgIpc) is 2.78. The molecule has 6 heteroatoms. The van der Waals surface area contributed by atoms with E-state index >= 15 is 0 Å². The lowest BCUT2D eigenvalue weighted by atomic mass is 10.2. The lowest BCUT2D eigenvalue weighted by molar-refractivity contribution is 0.411. The van der Waals surface area contributed by atoms with Crippen LogP contribution < -0.4 is 0 Å². The third-order valence-corrected chi connectivity index (χ3v) is 3.44. The van der Waals surface area contributed by atoms with E-state index in [0.29, 0.717) is 11.6 Å². The standard InChI is InChI=1S/C12H14N2O3S/c1-2-6-18-7-10-13-12(17-14-10)11-8(15)4-3-5-9(11)16/h3-5,15-16H,2,6-7H2,1H3. The summed E-state index contributed by atoms with van der Waals surface area (Å²) in [5, 5.41) is 23.2. The molecule has 96 valence electrons. The summed E-state index contributed by atoms with van der Waals surface area (Å²) in [6.45, 7) is 2.11. The molecule has 0 saturated heterocycles. The third kappa shape index (κ3) is 2.76. The number of benzene rings is 1. The summed E-state index contributed by atoms with van der Waals surface area (Å²) in [6, 6.07) is 4.47. The van der Waals surface area contributed by atoms with Crippen LogP contribution in [0.4, 0.5) is 0 Å². The Morgan fingerprint density at radius 2 is 2.00 bits per heavy atom. The van der Waals surface area contributed by atoms with Crippen LogP contribution in [0.2, 0.25) is 0 Å². The second kappa shape index (κ2) is 5.77. The summed E-state index contributed by atoms with van der Waals surface area (Å²) in [7, 11) is 0. The number of phenolic OH excluding ortho intramolecular Hbond substituents is 2. The predicted molar refractivity (Wildman–Crippen MR) is 69.5 cm³/mol. The maximum atomic E-state index is 9.68. The first-order chi connectivity index (χ1) is 8.72. The Bertz CT molecular complexity index is 508. The van der Waals surface area contributed by atoms with Gasteiger partial charge in [-0.25, -0.2) is 0 Å². The van der Waals surface area contributed by atoms with Gasteiger partial charge in [0.05, 0.1) is 5.75 Å². The lowest BCUT2D eigenvalue weighted by Crippen LogP contribution is -1.86. The number of phenols is 2. The highest BCUT2D eigenvalue weighted by molar-refractivity contribution is 7.98. The van der Waals surface area contributed by atoms with E-state index in [1.54, 1.807) is 17.8 Å². The van der Waals surface area contributed by atoms with Gasteiger partial charge >= 0.3 is 0 Å². The number of rotatable bonds is 5. The average molecular weight is 266 g/mol. The maximum Gasteiger partial charge on any atom is 0.265 e. The molecule has 18 heavy (non-hydrogen) atoms. The van der Waals surface area contributed by atoms with E-state index < -0.39 is 0 Å². The van der Waals surface area contributed by atoms with Gasteiger partial charge in [0, 0.05) is 0 Å². The normalized spacial score (nSPS) is 10.7. The van der Waals surface area contributed by atoms with Crippen molar-refractivity contribution in [2.24, 2.45) is 0 Å². The highest BCUT2D eigenvalue weighted by Gasteiger charge is 2.16. The van der Waals surface area contributed by atoms with Gasteiger partial charge in [-0.15, -0.1) is 0 Å². The summed E-state index contributed by atoms with van der Waals surface area (Å²) in [5.74, 6) is 2.24. The van der Waals surface area contributed by atoms with Crippen LogP contribution >= 0.6 is 11.8 Å². The molecule has 0 fully saturated rings. The van der Waals surface area contributed by atoms with Crippen LogP contribution in [-0.4, -0.2) is 26.1 Å². The number of thioether (sulfide) groups is 1. The Labute approximate surface area is 109 Å². The SMILES string of the molecule is CCCSCc1noc(-c2c(O)cccc2O)n1.